The number of para-hydroxylation sites is 4. The van der Waals surface area contributed by atoms with Gasteiger partial charge in [0.15, 0.2) is 0 Å². The number of carbonyl (C=O) groups is 6. The second-order valence-corrected chi connectivity index (χ2v) is 28.7. The molecule has 31 heteroatoms. The van der Waals surface area contributed by atoms with Crippen LogP contribution in [0.4, 0.5) is 22.7 Å². The fourth-order valence-electron chi connectivity index (χ4n) is 12.3. The van der Waals surface area contributed by atoms with Crippen LogP contribution >= 0.6 is 23.2 Å². The molecule has 0 atom stereocenters. The van der Waals surface area contributed by atoms with Crippen molar-refractivity contribution < 1.29 is 67.6 Å². The van der Waals surface area contributed by atoms with Gasteiger partial charge in [0.1, 0.15) is 51.1 Å². The number of nitrogens with two attached hydrogens (primary N) is 5. The molecular formula is C102H79BCl2N12O16. The molecule has 16 aromatic rings. The summed E-state index contributed by atoms with van der Waals surface area (Å²) in [6, 6.07) is 106. The molecule has 0 spiro atoms. The summed E-state index contributed by atoms with van der Waals surface area (Å²) in [5, 5.41) is 40.8. The number of nitrogens with zero attached hydrogens (tertiary/aromatic N) is 6. The summed E-state index contributed by atoms with van der Waals surface area (Å²) in [5.41, 5.74) is 39.9. The maximum Gasteiger partial charge on any atom is 0.488 e. The smallest absolute Gasteiger partial charge is 0.457 e. The molecular weight excluding hydrogens is 1730 g/mol. The highest BCUT2D eigenvalue weighted by Crippen LogP contribution is 2.36. The van der Waals surface area contributed by atoms with Crippen LogP contribution in [0.25, 0.3) is 78.8 Å². The lowest BCUT2D eigenvalue weighted by Crippen LogP contribution is -2.29. The van der Waals surface area contributed by atoms with Gasteiger partial charge in [0.25, 0.3) is 35.0 Å². The van der Waals surface area contributed by atoms with Gasteiger partial charge >= 0.3 is 7.12 Å². The van der Waals surface area contributed by atoms with Crippen LogP contribution < -0.4 is 58.4 Å². The van der Waals surface area contributed by atoms with Crippen molar-refractivity contribution in [2.45, 2.75) is 0 Å². The SMILES string of the molecule is C=CC(=O)Cl.C=CC(=O)Nc1ccc(-c2ccc(C(N)=O)c(-c3ccc(Oc4ccccc4)cc3)n2)cc1.NC(=O)c1ccc(-c2ccc(N)cc2)nc1-c1ccc(Oc2ccccc2)cc1.NC(=O)c1ccc(-c2ccc([N+](=O)[O-])cc2)nc1-c1ccc(Oc2ccccc2)cc1.NC(=O)c1ccc(Cl)nc1-c1ccc(Oc2ccccc2)cc1.O=[N+]([O-])c1ccc(B(O)O)cc1. The summed E-state index contributed by atoms with van der Waals surface area (Å²) in [4.78, 5) is 107. The van der Waals surface area contributed by atoms with Gasteiger partial charge in [-0.05, 0) is 260 Å². The quantitative estimate of drug-likeness (QED) is 0.00501. The average molecular weight is 1810 g/mol. The number of hydrogen-bond acceptors (Lipinski definition) is 21. The normalized spacial score (nSPS) is 10.2. The Kier molecular flexibility index (Phi) is 33.9. The van der Waals surface area contributed by atoms with Crippen LogP contribution in [0.5, 0.6) is 46.0 Å². The number of nitro benzene ring substituents is 2. The van der Waals surface area contributed by atoms with Crippen molar-refractivity contribution in [1.29, 1.82) is 0 Å². The minimum Gasteiger partial charge on any atom is -0.457 e. The second-order valence-electron chi connectivity index (χ2n) is 28.0. The van der Waals surface area contributed by atoms with Gasteiger partial charge in [0, 0.05) is 74.6 Å². The predicted molar refractivity (Wildman–Crippen MR) is 514 cm³/mol. The zero-order valence-corrected chi connectivity index (χ0v) is 71.7. The van der Waals surface area contributed by atoms with Crippen molar-refractivity contribution in [2.75, 3.05) is 11.1 Å². The number of hydrogen-bond donors (Lipinski definition) is 8. The van der Waals surface area contributed by atoms with Gasteiger partial charge in [-0.3, -0.25) is 49.0 Å². The van der Waals surface area contributed by atoms with E-state index in [4.69, 9.17) is 90.8 Å². The number of allylic oxidation sites excluding steroid dienone is 1. The molecule has 13 N–H and O–H groups in total. The Labute approximate surface area is 772 Å². The van der Waals surface area contributed by atoms with Crippen LogP contribution in [0.15, 0.2) is 389 Å². The Hall–Kier alpha value is -17.9. The summed E-state index contributed by atoms with van der Waals surface area (Å²) in [5.74, 6) is 3.11. The lowest BCUT2D eigenvalue weighted by atomic mass is 9.80. The summed E-state index contributed by atoms with van der Waals surface area (Å²) in [6.07, 6.45) is 2.25. The Morgan fingerprint density at radius 2 is 0.586 bits per heavy atom. The van der Waals surface area contributed by atoms with Crippen molar-refractivity contribution in [3.05, 3.63) is 437 Å². The number of primary amides is 4. The standard InChI is InChI=1S/C27H21N3O3.C24H17N3O4.C24H19N3O2.C18H13ClN2O2.C6H6BNO4.C3H3ClO/c1-2-25(31)29-20-12-8-18(9-13-20)24-17-16-23(27(28)32)26(30-24)19-10-14-22(15-11-19)33-21-6-4-3-5-7-21;25-24(28)21-14-15-22(16-6-10-18(11-7-16)27(29)30)26-23(21)17-8-12-20(13-9-17)31-19-4-2-1-3-5-19;25-18-10-6-16(7-11-18)22-15-14-21(24(26)28)23(27-22)17-8-12-20(13-9-17)29-19-4-2-1-3-5-19;19-16-11-10-15(18(20)22)17(21-16)12-6-8-14(9-7-12)23-13-4-2-1-3-5-13;9-7(10)5-1-3-6(4-2-5)8(11)12;1-2-3(4)5/h2-17H,1H2,(H2,28,32)(H,29,31);1-15H,(H2,25,28);1-15H,25H2,(H2,26,28);1-11H,(H2,20,22);1-4,9-10H;2H,1H2. The first-order valence-corrected chi connectivity index (χ1v) is 40.7. The molecule has 16 rings (SSSR count). The number of nitro groups is 2. The minimum absolute atomic E-state index is 0.00765. The number of carbonyl (C=O) groups excluding carboxylic acids is 6. The maximum absolute atomic E-state index is 12.0. The highest BCUT2D eigenvalue weighted by Gasteiger charge is 2.21. The van der Waals surface area contributed by atoms with Crippen molar-refractivity contribution in [1.82, 2.24) is 19.9 Å². The van der Waals surface area contributed by atoms with Crippen molar-refractivity contribution in [3.63, 3.8) is 0 Å². The molecule has 5 amide bonds. The van der Waals surface area contributed by atoms with E-state index in [0.717, 1.165) is 56.8 Å². The third-order valence-electron chi connectivity index (χ3n) is 18.8. The third-order valence-corrected chi connectivity index (χ3v) is 19.2. The fourth-order valence-corrected chi connectivity index (χ4v) is 12.4. The van der Waals surface area contributed by atoms with E-state index >= 15 is 0 Å². The number of non-ortho nitro benzene ring substituents is 2. The van der Waals surface area contributed by atoms with Gasteiger partial charge in [-0.25, -0.2) is 19.9 Å². The fraction of sp³-hybridized carbons (Fsp3) is 0. The largest absolute Gasteiger partial charge is 0.488 e. The molecule has 0 saturated heterocycles. The van der Waals surface area contributed by atoms with Gasteiger partial charge in [0.2, 0.25) is 11.1 Å². The first-order valence-electron chi connectivity index (χ1n) is 40.0. The van der Waals surface area contributed by atoms with E-state index in [2.05, 4.69) is 28.4 Å². The summed E-state index contributed by atoms with van der Waals surface area (Å²) >= 11 is 10.6. The second kappa shape index (κ2) is 47.1. The monoisotopic (exact) mass is 1810 g/mol. The average Bonchev–Trinajstić information content (AvgIpc) is 0.819. The molecule has 133 heavy (non-hydrogen) atoms. The Bertz CT molecular complexity index is 6780. The molecule has 0 radical (unpaired) electrons. The zero-order valence-electron chi connectivity index (χ0n) is 70.2. The van der Waals surface area contributed by atoms with Crippen molar-refractivity contribution in [3.8, 4) is 125 Å². The van der Waals surface area contributed by atoms with Gasteiger partial charge in [0.05, 0.1) is 72.0 Å². The summed E-state index contributed by atoms with van der Waals surface area (Å²) in [6.45, 7) is 6.52. The molecule has 28 nitrogen and oxygen atoms in total. The Balaban J connectivity index is 0.000000162. The van der Waals surface area contributed by atoms with Gasteiger partial charge in [-0.2, -0.15) is 0 Å². The predicted octanol–water partition coefficient (Wildman–Crippen LogP) is 20.0. The van der Waals surface area contributed by atoms with Gasteiger partial charge in [-0.1, -0.05) is 134 Å². The van der Waals surface area contributed by atoms with Crippen LogP contribution in [-0.4, -0.2) is 81.7 Å². The molecule has 0 unspecified atom stereocenters. The highest BCUT2D eigenvalue weighted by atomic mass is 35.5. The lowest BCUT2D eigenvalue weighted by molar-refractivity contribution is -0.385. The lowest BCUT2D eigenvalue weighted by Gasteiger charge is -2.11. The molecule has 12 aromatic carbocycles. The number of amides is 5. The van der Waals surface area contributed by atoms with E-state index in [1.54, 1.807) is 103 Å². The maximum atomic E-state index is 12.0. The number of anilines is 2. The molecule has 4 aromatic heterocycles. The number of aromatic nitrogens is 4. The van der Waals surface area contributed by atoms with E-state index in [9.17, 15) is 49.0 Å². The molecule has 0 aliphatic rings. The van der Waals surface area contributed by atoms with E-state index in [-0.39, 0.29) is 28.3 Å². The van der Waals surface area contributed by atoms with E-state index in [0.29, 0.717) is 107 Å². The van der Waals surface area contributed by atoms with Crippen molar-refractivity contribution in [2.24, 2.45) is 22.9 Å². The first-order chi connectivity index (χ1) is 64.1. The Morgan fingerprint density at radius 1 is 0.338 bits per heavy atom. The summed E-state index contributed by atoms with van der Waals surface area (Å²) < 4.78 is 23.2. The molecule has 660 valence electrons. The number of pyridine rings is 4. The van der Waals surface area contributed by atoms with Gasteiger partial charge < -0.3 is 63.0 Å². The highest BCUT2D eigenvalue weighted by molar-refractivity contribution is 6.66. The molecule has 0 saturated carbocycles. The minimum atomic E-state index is -1.58. The number of nitrogen functional groups attached to an aromatic ring is 1. The van der Waals surface area contributed by atoms with Crippen LogP contribution in [0.2, 0.25) is 5.15 Å². The Morgan fingerprint density at radius 3 is 0.850 bits per heavy atom. The molecule has 0 bridgehead atoms. The first kappa shape index (κ1) is 95.8. The molecule has 0 aliphatic heterocycles. The van der Waals surface area contributed by atoms with E-state index in [1.165, 1.54) is 48.5 Å². The third kappa shape index (κ3) is 28.1. The summed E-state index contributed by atoms with van der Waals surface area (Å²) in [7, 11) is -1.58. The van der Waals surface area contributed by atoms with Crippen molar-refractivity contribution >= 4 is 93.3 Å². The number of halogens is 2. The van der Waals surface area contributed by atoms with E-state index < -0.39 is 45.8 Å². The van der Waals surface area contributed by atoms with Crippen LogP contribution in [0.1, 0.15) is 41.4 Å². The number of ether oxygens (including phenoxy) is 4. The molecule has 0 aliphatic carbocycles. The van der Waals surface area contributed by atoms with Crippen LogP contribution in [0, 0.1) is 20.2 Å². The number of nitrogens with one attached hydrogen (secondary N) is 1. The zero-order chi connectivity index (χ0) is 94.9. The van der Waals surface area contributed by atoms with Gasteiger partial charge in [-0.15, -0.1) is 0 Å². The molecule has 4 heterocycles. The molecule has 0 fully saturated rings. The number of benzene rings is 12. The van der Waals surface area contributed by atoms with E-state index in [1.807, 2.05) is 218 Å². The van der Waals surface area contributed by atoms with Crippen LogP contribution in [-0.2, 0) is 9.59 Å². The number of rotatable bonds is 25. The van der Waals surface area contributed by atoms with Crippen LogP contribution in [0.3, 0.4) is 0 Å². The topological polar surface area (TPSA) is 460 Å².